The Bertz CT molecular complexity index is 780. The minimum Gasteiger partial charge on any atom is -0.397 e. The Morgan fingerprint density at radius 3 is 2.79 bits per heavy atom. The van der Waals surface area contributed by atoms with Crippen LogP contribution in [0.15, 0.2) is 24.4 Å². The zero-order chi connectivity index (χ0) is 13.6. The lowest BCUT2D eigenvalue weighted by atomic mass is 10.1. The molecule has 0 atom stereocenters. The highest BCUT2D eigenvalue weighted by atomic mass is 35.5. The average Bonchev–Trinajstić information content (AvgIpc) is 2.76. The number of hydrogen-bond donors (Lipinski definition) is 2. The second-order valence-electron chi connectivity index (χ2n) is 4.32. The van der Waals surface area contributed by atoms with Gasteiger partial charge in [-0.2, -0.15) is 0 Å². The van der Waals surface area contributed by atoms with Gasteiger partial charge >= 0.3 is 0 Å². The second-order valence-corrected chi connectivity index (χ2v) is 5.16. The molecule has 96 valence electrons. The largest absolute Gasteiger partial charge is 0.397 e. The van der Waals surface area contributed by atoms with Crippen molar-refractivity contribution in [1.82, 2.24) is 15.0 Å². The molecule has 0 radical (unpaired) electrons. The molecule has 0 fully saturated rings. The SMILES string of the molecule is Cc1cnc2nc(-c3cc(Cl)cc(Cl)c3N)[nH]c2c1. The molecule has 0 saturated carbocycles. The van der Waals surface area contributed by atoms with Crippen molar-refractivity contribution < 1.29 is 0 Å². The van der Waals surface area contributed by atoms with Crippen molar-refractivity contribution in [2.45, 2.75) is 6.92 Å². The molecule has 4 nitrogen and oxygen atoms in total. The van der Waals surface area contributed by atoms with Crippen LogP contribution in [0.1, 0.15) is 5.56 Å². The Kier molecular flexibility index (Phi) is 2.84. The number of anilines is 1. The molecule has 0 unspecified atom stereocenters. The number of nitrogens with zero attached hydrogens (tertiary/aromatic N) is 2. The smallest absolute Gasteiger partial charge is 0.178 e. The van der Waals surface area contributed by atoms with Crippen LogP contribution in [0.5, 0.6) is 0 Å². The number of fused-ring (bicyclic) bond motifs is 1. The van der Waals surface area contributed by atoms with Crippen LogP contribution in [-0.4, -0.2) is 15.0 Å². The maximum Gasteiger partial charge on any atom is 0.178 e. The molecule has 3 aromatic rings. The average molecular weight is 293 g/mol. The number of imidazole rings is 1. The predicted octanol–water partition coefficient (Wildman–Crippen LogP) is 3.82. The van der Waals surface area contributed by atoms with Crippen LogP contribution in [0.25, 0.3) is 22.6 Å². The van der Waals surface area contributed by atoms with Crippen molar-refractivity contribution >= 4 is 40.1 Å². The summed E-state index contributed by atoms with van der Waals surface area (Å²) in [7, 11) is 0. The zero-order valence-electron chi connectivity index (χ0n) is 10.0. The Labute approximate surface area is 119 Å². The maximum atomic E-state index is 6.03. The summed E-state index contributed by atoms with van der Waals surface area (Å²) in [5.74, 6) is 0.606. The molecule has 0 saturated heterocycles. The summed E-state index contributed by atoms with van der Waals surface area (Å²) < 4.78 is 0. The van der Waals surface area contributed by atoms with Gasteiger partial charge in [-0.15, -0.1) is 0 Å². The number of aromatic nitrogens is 3. The number of hydrogen-bond acceptors (Lipinski definition) is 3. The monoisotopic (exact) mass is 292 g/mol. The molecule has 0 aliphatic carbocycles. The van der Waals surface area contributed by atoms with E-state index in [0.29, 0.717) is 32.8 Å². The van der Waals surface area contributed by atoms with Crippen LogP contribution in [0.2, 0.25) is 10.0 Å². The van der Waals surface area contributed by atoms with E-state index in [1.54, 1.807) is 18.3 Å². The van der Waals surface area contributed by atoms with Gasteiger partial charge in [-0.25, -0.2) is 9.97 Å². The lowest BCUT2D eigenvalue weighted by Crippen LogP contribution is -1.92. The standard InChI is InChI=1S/C13H10Cl2N4/c1-6-2-10-13(17-5-6)19-12(18-10)8-3-7(14)4-9(15)11(8)16/h2-5H,16H2,1H3,(H,17,18,19). The van der Waals surface area contributed by atoms with Gasteiger partial charge in [0, 0.05) is 16.8 Å². The topological polar surface area (TPSA) is 67.6 Å². The van der Waals surface area contributed by atoms with Gasteiger partial charge in [-0.1, -0.05) is 23.2 Å². The van der Waals surface area contributed by atoms with Gasteiger partial charge in [0.25, 0.3) is 0 Å². The highest BCUT2D eigenvalue weighted by molar-refractivity contribution is 6.37. The van der Waals surface area contributed by atoms with Gasteiger partial charge in [0.05, 0.1) is 16.2 Å². The number of halogens is 2. The highest BCUT2D eigenvalue weighted by Crippen LogP contribution is 2.34. The van der Waals surface area contributed by atoms with Crippen molar-refractivity contribution in [3.8, 4) is 11.4 Å². The molecular weight excluding hydrogens is 283 g/mol. The molecule has 2 aromatic heterocycles. The third-order valence-corrected chi connectivity index (χ3v) is 3.35. The molecular formula is C13H10Cl2N4. The van der Waals surface area contributed by atoms with Gasteiger partial charge in [0.1, 0.15) is 5.82 Å². The van der Waals surface area contributed by atoms with E-state index in [-0.39, 0.29) is 0 Å². The van der Waals surface area contributed by atoms with Crippen molar-refractivity contribution in [2.75, 3.05) is 5.73 Å². The van der Waals surface area contributed by atoms with E-state index in [1.807, 2.05) is 13.0 Å². The van der Waals surface area contributed by atoms with Crippen molar-refractivity contribution in [1.29, 1.82) is 0 Å². The third-order valence-electron chi connectivity index (χ3n) is 2.82. The van der Waals surface area contributed by atoms with E-state index >= 15 is 0 Å². The first-order valence-corrected chi connectivity index (χ1v) is 6.37. The van der Waals surface area contributed by atoms with Crippen LogP contribution < -0.4 is 5.73 Å². The number of nitrogens with one attached hydrogen (secondary N) is 1. The van der Waals surface area contributed by atoms with Crippen LogP contribution in [0.3, 0.4) is 0 Å². The van der Waals surface area contributed by atoms with Gasteiger partial charge in [-0.05, 0) is 30.7 Å². The van der Waals surface area contributed by atoms with Crippen LogP contribution >= 0.6 is 23.2 Å². The Morgan fingerprint density at radius 1 is 1.21 bits per heavy atom. The summed E-state index contributed by atoms with van der Waals surface area (Å²) in [6, 6.07) is 5.31. The first-order chi connectivity index (χ1) is 9.04. The number of aryl methyl sites for hydroxylation is 1. The van der Waals surface area contributed by atoms with Crippen molar-refractivity contribution in [3.63, 3.8) is 0 Å². The number of aromatic amines is 1. The van der Waals surface area contributed by atoms with Gasteiger partial charge in [-0.3, -0.25) is 0 Å². The lowest BCUT2D eigenvalue weighted by Gasteiger charge is -2.05. The van der Waals surface area contributed by atoms with Crippen LogP contribution in [-0.2, 0) is 0 Å². The number of benzene rings is 1. The first-order valence-electron chi connectivity index (χ1n) is 5.62. The van der Waals surface area contributed by atoms with Crippen LogP contribution in [0, 0.1) is 6.92 Å². The lowest BCUT2D eigenvalue weighted by molar-refractivity contribution is 1.28. The number of nitrogens with two attached hydrogens (primary N) is 1. The minimum atomic E-state index is 0.409. The van der Waals surface area contributed by atoms with E-state index in [2.05, 4.69) is 15.0 Å². The summed E-state index contributed by atoms with van der Waals surface area (Å²) in [5.41, 5.74) is 9.63. The molecule has 6 heteroatoms. The van der Waals surface area contributed by atoms with E-state index in [0.717, 1.165) is 11.1 Å². The molecule has 3 rings (SSSR count). The number of pyridine rings is 1. The zero-order valence-corrected chi connectivity index (χ0v) is 11.5. The molecule has 0 aliphatic rings. The van der Waals surface area contributed by atoms with Gasteiger partial charge in [0.15, 0.2) is 5.65 Å². The summed E-state index contributed by atoms with van der Waals surface area (Å²) >= 11 is 12.0. The fourth-order valence-electron chi connectivity index (χ4n) is 1.91. The maximum absolute atomic E-state index is 6.03. The summed E-state index contributed by atoms with van der Waals surface area (Å²) in [6.07, 6.45) is 1.77. The molecule has 1 aromatic carbocycles. The van der Waals surface area contributed by atoms with Gasteiger partial charge < -0.3 is 10.7 Å². The molecule has 2 heterocycles. The highest BCUT2D eigenvalue weighted by Gasteiger charge is 2.12. The predicted molar refractivity (Wildman–Crippen MR) is 78.5 cm³/mol. The van der Waals surface area contributed by atoms with E-state index in [9.17, 15) is 0 Å². The summed E-state index contributed by atoms with van der Waals surface area (Å²) in [4.78, 5) is 11.8. The number of H-pyrrole nitrogens is 1. The van der Waals surface area contributed by atoms with Crippen molar-refractivity contribution in [2.24, 2.45) is 0 Å². The molecule has 0 aliphatic heterocycles. The normalized spacial score (nSPS) is 11.1. The Morgan fingerprint density at radius 2 is 2.00 bits per heavy atom. The first kappa shape index (κ1) is 12.3. The Hall–Kier alpha value is -1.78. The fraction of sp³-hybridized carbons (Fsp3) is 0.0769. The number of nitrogen functional groups attached to an aromatic ring is 1. The molecule has 19 heavy (non-hydrogen) atoms. The molecule has 0 bridgehead atoms. The number of rotatable bonds is 1. The molecule has 0 spiro atoms. The van der Waals surface area contributed by atoms with Crippen molar-refractivity contribution in [3.05, 3.63) is 40.0 Å². The van der Waals surface area contributed by atoms with Crippen LogP contribution in [0.4, 0.5) is 5.69 Å². The summed E-state index contributed by atoms with van der Waals surface area (Å²) in [5, 5.41) is 0.922. The Balaban J connectivity index is 2.24. The van der Waals surface area contributed by atoms with Gasteiger partial charge in [0.2, 0.25) is 0 Å². The van der Waals surface area contributed by atoms with E-state index in [4.69, 9.17) is 28.9 Å². The quantitative estimate of drug-likeness (QED) is 0.670. The minimum absolute atomic E-state index is 0.409. The van der Waals surface area contributed by atoms with E-state index < -0.39 is 0 Å². The molecule has 0 amide bonds. The molecule has 3 N–H and O–H groups in total. The fourth-order valence-corrected chi connectivity index (χ4v) is 2.41. The second kappa shape index (κ2) is 4.40. The summed E-state index contributed by atoms with van der Waals surface area (Å²) in [6.45, 7) is 1.97. The third kappa shape index (κ3) is 2.13. The van der Waals surface area contributed by atoms with E-state index in [1.165, 1.54) is 0 Å².